The van der Waals surface area contributed by atoms with Crippen LogP contribution >= 0.6 is 0 Å². The molecule has 1 aliphatic rings. The van der Waals surface area contributed by atoms with Gasteiger partial charge >= 0.3 is 0 Å². The second-order valence-corrected chi connectivity index (χ2v) is 7.56. The van der Waals surface area contributed by atoms with Crippen LogP contribution in [0.25, 0.3) is 16.3 Å². The average molecular weight is 438 g/mol. The summed E-state index contributed by atoms with van der Waals surface area (Å²) in [6, 6.07) is 25.8. The molecule has 33 heavy (non-hydrogen) atoms. The number of ether oxygens (including phenoxy) is 1. The van der Waals surface area contributed by atoms with E-state index in [4.69, 9.17) is 4.74 Å². The number of nitrogens with zero attached hydrogens (tertiary/aromatic N) is 1. The molecule has 4 aromatic carbocycles. The van der Waals surface area contributed by atoms with Crippen LogP contribution in [0, 0.1) is 5.82 Å². The molecule has 1 aliphatic heterocycles. The lowest BCUT2D eigenvalue weighted by Crippen LogP contribution is -2.32. The van der Waals surface area contributed by atoms with Crippen LogP contribution in [-0.2, 0) is 9.59 Å². The number of anilines is 2. The fourth-order valence-corrected chi connectivity index (χ4v) is 3.99. The van der Waals surface area contributed by atoms with E-state index in [-0.39, 0.29) is 17.0 Å². The molecule has 0 bridgehead atoms. The first-order valence-corrected chi connectivity index (χ1v) is 10.3. The minimum absolute atomic E-state index is 0.130. The molecule has 5 nitrogen and oxygen atoms in total. The molecule has 0 aromatic heterocycles. The van der Waals surface area contributed by atoms with Crippen molar-refractivity contribution < 1.29 is 18.7 Å². The van der Waals surface area contributed by atoms with Crippen molar-refractivity contribution in [2.24, 2.45) is 0 Å². The van der Waals surface area contributed by atoms with Gasteiger partial charge in [-0.1, -0.05) is 54.6 Å². The van der Waals surface area contributed by atoms with Crippen LogP contribution in [0.2, 0.25) is 0 Å². The Balaban J connectivity index is 1.65. The molecular weight excluding hydrogens is 419 g/mol. The molecule has 1 N–H and O–H groups in total. The lowest BCUT2D eigenvalue weighted by molar-refractivity contribution is -0.120. The molecule has 0 fully saturated rings. The molecule has 6 heteroatoms. The number of rotatable bonds is 5. The third kappa shape index (κ3) is 3.61. The van der Waals surface area contributed by atoms with Crippen LogP contribution in [0.4, 0.5) is 15.8 Å². The number of carbonyl (C=O) groups is 2. The van der Waals surface area contributed by atoms with E-state index in [9.17, 15) is 14.0 Å². The van der Waals surface area contributed by atoms with Gasteiger partial charge in [-0.15, -0.1) is 0 Å². The number of benzene rings is 4. The van der Waals surface area contributed by atoms with Gasteiger partial charge in [0.05, 0.1) is 18.4 Å². The summed E-state index contributed by atoms with van der Waals surface area (Å²) in [5, 5.41) is 5.10. The van der Waals surface area contributed by atoms with Gasteiger partial charge in [0.1, 0.15) is 17.3 Å². The summed E-state index contributed by atoms with van der Waals surface area (Å²) in [5.41, 5.74) is 1.75. The molecule has 1 heterocycles. The number of imide groups is 1. The van der Waals surface area contributed by atoms with Crippen molar-refractivity contribution >= 4 is 39.5 Å². The zero-order valence-electron chi connectivity index (χ0n) is 17.7. The van der Waals surface area contributed by atoms with Crippen molar-refractivity contribution in [3.63, 3.8) is 0 Å². The van der Waals surface area contributed by atoms with Gasteiger partial charge in [0, 0.05) is 11.1 Å². The molecule has 2 amide bonds. The fraction of sp³-hybridized carbons (Fsp3) is 0.0370. The van der Waals surface area contributed by atoms with Crippen LogP contribution in [-0.4, -0.2) is 18.9 Å². The number of nitrogens with one attached hydrogen (secondary N) is 1. The third-order valence-corrected chi connectivity index (χ3v) is 5.58. The lowest BCUT2D eigenvalue weighted by Gasteiger charge is -2.15. The number of carbonyl (C=O) groups excluding carboxylic acids is 2. The Morgan fingerprint density at radius 3 is 2.30 bits per heavy atom. The van der Waals surface area contributed by atoms with Crippen molar-refractivity contribution in [3.8, 4) is 5.75 Å². The smallest absolute Gasteiger partial charge is 0.282 e. The Kier molecular flexibility index (Phi) is 5.11. The maximum atomic E-state index is 13.9. The maximum Gasteiger partial charge on any atom is 0.282 e. The Bertz CT molecular complexity index is 1420. The molecule has 0 radical (unpaired) electrons. The van der Waals surface area contributed by atoms with Gasteiger partial charge in [-0.3, -0.25) is 9.59 Å². The molecular formula is C27H19FN2O3. The first-order chi connectivity index (χ1) is 16.1. The third-order valence-electron chi connectivity index (χ3n) is 5.58. The highest BCUT2D eigenvalue weighted by atomic mass is 19.1. The Labute approximate surface area is 189 Å². The van der Waals surface area contributed by atoms with Crippen molar-refractivity contribution in [1.29, 1.82) is 0 Å². The van der Waals surface area contributed by atoms with Crippen LogP contribution < -0.4 is 15.0 Å². The van der Waals surface area contributed by atoms with Crippen LogP contribution in [0.1, 0.15) is 5.56 Å². The summed E-state index contributed by atoms with van der Waals surface area (Å²) in [5.74, 6) is -0.987. The van der Waals surface area contributed by atoms with E-state index in [0.29, 0.717) is 17.0 Å². The first kappa shape index (κ1) is 20.5. The molecule has 162 valence electrons. The van der Waals surface area contributed by atoms with Crippen molar-refractivity contribution in [2.45, 2.75) is 0 Å². The number of fused-ring (bicyclic) bond motifs is 1. The molecule has 5 rings (SSSR count). The van der Waals surface area contributed by atoms with E-state index in [2.05, 4.69) is 5.32 Å². The zero-order chi connectivity index (χ0) is 22.9. The van der Waals surface area contributed by atoms with E-state index in [1.54, 1.807) is 31.4 Å². The highest BCUT2D eigenvalue weighted by Crippen LogP contribution is 2.35. The molecule has 0 unspecified atom stereocenters. The fourth-order valence-electron chi connectivity index (χ4n) is 3.99. The number of halogens is 1. The second-order valence-electron chi connectivity index (χ2n) is 7.56. The molecule has 0 aliphatic carbocycles. The summed E-state index contributed by atoms with van der Waals surface area (Å²) < 4.78 is 19.1. The first-order valence-electron chi connectivity index (χ1n) is 10.3. The Hall–Kier alpha value is -4.45. The van der Waals surface area contributed by atoms with Gasteiger partial charge in [0.25, 0.3) is 11.8 Å². The minimum Gasteiger partial charge on any atom is -0.497 e. The van der Waals surface area contributed by atoms with Gasteiger partial charge in [-0.25, -0.2) is 9.29 Å². The number of methoxy groups -OCH3 is 1. The Morgan fingerprint density at radius 2 is 1.55 bits per heavy atom. The molecule has 4 aromatic rings. The summed E-state index contributed by atoms with van der Waals surface area (Å²) in [6.45, 7) is 0. The molecule has 0 saturated heterocycles. The molecule has 0 spiro atoms. The summed E-state index contributed by atoms with van der Waals surface area (Å²) in [4.78, 5) is 28.0. The quantitative estimate of drug-likeness (QED) is 0.425. The van der Waals surface area contributed by atoms with Crippen molar-refractivity contribution in [2.75, 3.05) is 17.3 Å². The van der Waals surface area contributed by atoms with Gasteiger partial charge < -0.3 is 10.1 Å². The van der Waals surface area contributed by atoms with E-state index < -0.39 is 17.6 Å². The predicted molar refractivity (Wildman–Crippen MR) is 126 cm³/mol. The average Bonchev–Trinajstić information content (AvgIpc) is 3.08. The topological polar surface area (TPSA) is 58.6 Å². The largest absolute Gasteiger partial charge is 0.497 e. The van der Waals surface area contributed by atoms with Gasteiger partial charge in [0.15, 0.2) is 0 Å². The van der Waals surface area contributed by atoms with E-state index >= 15 is 0 Å². The van der Waals surface area contributed by atoms with E-state index in [1.807, 2.05) is 42.5 Å². The van der Waals surface area contributed by atoms with Crippen LogP contribution in [0.3, 0.4) is 0 Å². The van der Waals surface area contributed by atoms with E-state index in [1.165, 1.54) is 24.3 Å². The van der Waals surface area contributed by atoms with Crippen molar-refractivity contribution in [1.82, 2.24) is 0 Å². The number of hydrogen-bond acceptors (Lipinski definition) is 4. The number of amides is 2. The lowest BCUT2D eigenvalue weighted by atomic mass is 10.0. The van der Waals surface area contributed by atoms with E-state index in [0.717, 1.165) is 15.7 Å². The van der Waals surface area contributed by atoms with Crippen LogP contribution in [0.5, 0.6) is 5.75 Å². The van der Waals surface area contributed by atoms with Crippen LogP contribution in [0.15, 0.2) is 96.7 Å². The highest BCUT2D eigenvalue weighted by molar-refractivity contribution is 6.46. The summed E-state index contributed by atoms with van der Waals surface area (Å²) in [6.07, 6.45) is 0. The summed E-state index contributed by atoms with van der Waals surface area (Å²) >= 11 is 0. The zero-order valence-corrected chi connectivity index (χ0v) is 17.7. The molecule has 0 atom stereocenters. The predicted octanol–water partition coefficient (Wildman–Crippen LogP) is 5.38. The molecule has 0 saturated carbocycles. The van der Waals surface area contributed by atoms with Gasteiger partial charge in [0.2, 0.25) is 0 Å². The second kappa shape index (κ2) is 8.24. The summed E-state index contributed by atoms with van der Waals surface area (Å²) in [7, 11) is 1.55. The highest BCUT2D eigenvalue weighted by Gasteiger charge is 2.40. The van der Waals surface area contributed by atoms with Crippen molar-refractivity contribution in [3.05, 3.63) is 108 Å². The standard InChI is InChI=1S/C27H19FN2O3/c1-33-21-14-12-18(13-15-21)24-25(29-23-11-4-7-17-6-2-3-10-22(17)23)27(32)30(26(24)31)20-9-5-8-19(28)16-20/h2-16,29H,1H3. The maximum absolute atomic E-state index is 13.9. The van der Waals surface area contributed by atoms with Gasteiger partial charge in [-0.05, 0) is 47.3 Å². The Morgan fingerprint density at radius 1 is 0.818 bits per heavy atom. The van der Waals surface area contributed by atoms with Gasteiger partial charge in [-0.2, -0.15) is 0 Å². The SMILES string of the molecule is COc1ccc(C2=C(Nc3cccc4ccccc34)C(=O)N(c3cccc(F)c3)C2=O)cc1. The monoisotopic (exact) mass is 438 g/mol. The minimum atomic E-state index is -0.552. The number of hydrogen-bond donors (Lipinski definition) is 1. The normalized spacial score (nSPS) is 13.7.